The fourth-order valence-electron chi connectivity index (χ4n) is 4.16. The van der Waals surface area contributed by atoms with Crippen LogP contribution in [0.2, 0.25) is 0 Å². The molecule has 1 aliphatic carbocycles. The normalized spacial score (nSPS) is 15.7. The van der Waals surface area contributed by atoms with Gasteiger partial charge in [-0.05, 0) is 64.5 Å². The Kier molecular flexibility index (Phi) is 5.33. The summed E-state index contributed by atoms with van der Waals surface area (Å²) in [7, 11) is -0.386. The molecule has 1 heterocycles. The zero-order chi connectivity index (χ0) is 20.8. The third-order valence-corrected chi connectivity index (χ3v) is 7.91. The number of aryl methyl sites for hydroxylation is 2. The van der Waals surface area contributed by atoms with E-state index in [9.17, 15) is 13.2 Å². The van der Waals surface area contributed by atoms with Gasteiger partial charge in [0, 0.05) is 18.6 Å². The number of aromatic nitrogens is 2. The van der Waals surface area contributed by atoms with E-state index >= 15 is 0 Å². The quantitative estimate of drug-likeness (QED) is 0.601. The summed E-state index contributed by atoms with van der Waals surface area (Å²) in [5.41, 5.74) is 2.83. The van der Waals surface area contributed by atoms with E-state index in [2.05, 4.69) is 20.7 Å². The molecule has 0 unspecified atom stereocenters. The maximum atomic E-state index is 12.9. The van der Waals surface area contributed by atoms with Gasteiger partial charge in [-0.3, -0.25) is 13.9 Å². The standard InChI is InChI=1S/C21H24BrN3O3S/c1-24-19-12-17(22)18(13-20(19)25(2)21(24)26)23-29(27,28)16-10-8-15(9-11-16)14-6-4-3-5-7-14/h8-14,23H,3-7H2,1-2H3. The summed E-state index contributed by atoms with van der Waals surface area (Å²) >= 11 is 3.42. The predicted molar refractivity (Wildman–Crippen MR) is 119 cm³/mol. The number of halogens is 1. The summed E-state index contributed by atoms with van der Waals surface area (Å²) in [4.78, 5) is 12.4. The number of fused-ring (bicyclic) bond motifs is 1. The summed E-state index contributed by atoms with van der Waals surface area (Å²) in [5.74, 6) is 0.532. The molecule has 4 rings (SSSR count). The summed E-state index contributed by atoms with van der Waals surface area (Å²) in [6.07, 6.45) is 6.12. The second-order valence-corrected chi connectivity index (χ2v) is 10.3. The van der Waals surface area contributed by atoms with E-state index in [4.69, 9.17) is 0 Å². The molecule has 6 nitrogen and oxygen atoms in total. The van der Waals surface area contributed by atoms with Crippen molar-refractivity contribution in [2.24, 2.45) is 14.1 Å². The number of nitrogens with zero attached hydrogens (tertiary/aromatic N) is 2. The number of nitrogens with one attached hydrogen (secondary N) is 1. The molecule has 1 N–H and O–H groups in total. The minimum absolute atomic E-state index is 0.162. The number of sulfonamides is 1. The maximum Gasteiger partial charge on any atom is 0.328 e. The molecule has 0 radical (unpaired) electrons. The van der Waals surface area contributed by atoms with Crippen LogP contribution < -0.4 is 10.4 Å². The van der Waals surface area contributed by atoms with Gasteiger partial charge in [-0.15, -0.1) is 0 Å². The summed E-state index contributed by atoms with van der Waals surface area (Å²) in [6, 6.07) is 10.6. The van der Waals surface area contributed by atoms with Gasteiger partial charge in [0.15, 0.2) is 0 Å². The van der Waals surface area contributed by atoms with Crippen molar-refractivity contribution in [3.05, 3.63) is 56.9 Å². The second kappa shape index (κ2) is 7.65. The highest BCUT2D eigenvalue weighted by Crippen LogP contribution is 2.34. The molecule has 1 aromatic heterocycles. The Morgan fingerprint density at radius 1 is 0.966 bits per heavy atom. The Labute approximate surface area is 178 Å². The first-order valence-electron chi connectivity index (χ1n) is 9.75. The largest absolute Gasteiger partial charge is 0.328 e. The number of hydrogen-bond donors (Lipinski definition) is 1. The van der Waals surface area contributed by atoms with Crippen LogP contribution in [0.4, 0.5) is 5.69 Å². The molecule has 2 aromatic carbocycles. The first-order chi connectivity index (χ1) is 13.8. The van der Waals surface area contributed by atoms with Gasteiger partial charge in [0.25, 0.3) is 10.0 Å². The summed E-state index contributed by atoms with van der Waals surface area (Å²) in [5, 5.41) is 0. The molecule has 0 atom stereocenters. The topological polar surface area (TPSA) is 73.1 Å². The van der Waals surface area contributed by atoms with Crippen LogP contribution in [0.3, 0.4) is 0 Å². The Balaban J connectivity index is 1.64. The van der Waals surface area contributed by atoms with Crippen molar-refractivity contribution in [2.45, 2.75) is 42.9 Å². The third-order valence-electron chi connectivity index (χ3n) is 5.87. The van der Waals surface area contributed by atoms with Gasteiger partial charge >= 0.3 is 5.69 Å². The molecule has 3 aromatic rings. The van der Waals surface area contributed by atoms with Crippen molar-refractivity contribution in [3.63, 3.8) is 0 Å². The highest BCUT2D eigenvalue weighted by atomic mass is 79.9. The molecule has 0 aliphatic heterocycles. The van der Waals surface area contributed by atoms with Crippen LogP contribution in [0.25, 0.3) is 11.0 Å². The van der Waals surface area contributed by atoms with Crippen molar-refractivity contribution in [3.8, 4) is 0 Å². The number of rotatable bonds is 4. The van der Waals surface area contributed by atoms with Gasteiger partial charge in [0.05, 0.1) is 21.6 Å². The van der Waals surface area contributed by atoms with Crippen LogP contribution in [0.5, 0.6) is 0 Å². The lowest BCUT2D eigenvalue weighted by Gasteiger charge is -2.22. The molecule has 0 spiro atoms. The number of imidazole rings is 1. The minimum Gasteiger partial charge on any atom is -0.295 e. The van der Waals surface area contributed by atoms with Crippen LogP contribution in [0.1, 0.15) is 43.6 Å². The monoisotopic (exact) mass is 477 g/mol. The molecule has 1 saturated carbocycles. The number of hydrogen-bond acceptors (Lipinski definition) is 3. The Morgan fingerprint density at radius 2 is 1.55 bits per heavy atom. The van der Waals surface area contributed by atoms with E-state index in [1.165, 1.54) is 46.8 Å². The maximum absolute atomic E-state index is 12.9. The molecule has 154 valence electrons. The van der Waals surface area contributed by atoms with Crippen molar-refractivity contribution >= 4 is 42.7 Å². The molecule has 0 bridgehead atoms. The first kappa shape index (κ1) is 20.2. The van der Waals surface area contributed by atoms with E-state index in [0.29, 0.717) is 21.6 Å². The predicted octanol–water partition coefficient (Wildman–Crippen LogP) is 4.49. The first-order valence-corrected chi connectivity index (χ1v) is 12.0. The van der Waals surface area contributed by atoms with E-state index in [0.717, 1.165) is 5.52 Å². The van der Waals surface area contributed by atoms with Crippen LogP contribution in [0, 0.1) is 0 Å². The van der Waals surface area contributed by atoms with Gasteiger partial charge in [-0.1, -0.05) is 31.4 Å². The van der Waals surface area contributed by atoms with Crippen LogP contribution in [-0.2, 0) is 24.1 Å². The molecule has 29 heavy (non-hydrogen) atoms. The van der Waals surface area contributed by atoms with Crippen molar-refractivity contribution < 1.29 is 8.42 Å². The fraction of sp³-hybridized carbons (Fsp3) is 0.381. The lowest BCUT2D eigenvalue weighted by molar-refractivity contribution is 0.443. The smallest absolute Gasteiger partial charge is 0.295 e. The van der Waals surface area contributed by atoms with Crippen molar-refractivity contribution in [1.82, 2.24) is 9.13 Å². The lowest BCUT2D eigenvalue weighted by atomic mass is 9.84. The van der Waals surface area contributed by atoms with Gasteiger partial charge in [-0.2, -0.15) is 0 Å². The number of benzene rings is 2. The third kappa shape index (κ3) is 3.75. The Morgan fingerprint density at radius 3 is 2.17 bits per heavy atom. The molecular formula is C21H24BrN3O3S. The molecule has 0 amide bonds. The van der Waals surface area contributed by atoms with Crippen LogP contribution in [0.15, 0.2) is 50.6 Å². The van der Waals surface area contributed by atoms with Crippen molar-refractivity contribution in [1.29, 1.82) is 0 Å². The van der Waals surface area contributed by atoms with Crippen LogP contribution in [-0.4, -0.2) is 17.6 Å². The van der Waals surface area contributed by atoms with Gasteiger partial charge in [-0.25, -0.2) is 13.2 Å². The molecule has 8 heteroatoms. The average molecular weight is 478 g/mol. The minimum atomic E-state index is -3.74. The fourth-order valence-corrected chi connectivity index (χ4v) is 5.79. The van der Waals surface area contributed by atoms with Gasteiger partial charge in [0.1, 0.15) is 0 Å². The van der Waals surface area contributed by atoms with Gasteiger partial charge in [0.2, 0.25) is 0 Å². The Hall–Kier alpha value is -2.06. The number of anilines is 1. The van der Waals surface area contributed by atoms with E-state index in [1.807, 2.05) is 12.1 Å². The second-order valence-electron chi connectivity index (χ2n) is 7.73. The van der Waals surface area contributed by atoms with Crippen LogP contribution >= 0.6 is 15.9 Å². The molecule has 0 saturated heterocycles. The van der Waals surface area contributed by atoms with Gasteiger partial charge < -0.3 is 0 Å². The van der Waals surface area contributed by atoms with Crippen molar-refractivity contribution in [2.75, 3.05) is 4.72 Å². The zero-order valence-electron chi connectivity index (χ0n) is 16.5. The average Bonchev–Trinajstić information content (AvgIpc) is 2.93. The van der Waals surface area contributed by atoms with E-state index in [1.54, 1.807) is 38.4 Å². The summed E-state index contributed by atoms with van der Waals surface area (Å²) < 4.78 is 32.1. The van der Waals surface area contributed by atoms with E-state index in [-0.39, 0.29) is 10.6 Å². The molecular weight excluding hydrogens is 454 g/mol. The van der Waals surface area contributed by atoms with E-state index < -0.39 is 10.0 Å². The molecule has 1 aliphatic rings. The lowest BCUT2D eigenvalue weighted by Crippen LogP contribution is -2.19. The SMILES string of the molecule is Cn1c(=O)n(C)c2cc(NS(=O)(=O)c3ccc(C4CCCCC4)cc3)c(Br)cc21. The highest BCUT2D eigenvalue weighted by molar-refractivity contribution is 9.10. The Bertz CT molecular complexity index is 1220. The zero-order valence-corrected chi connectivity index (χ0v) is 18.9. The molecule has 1 fully saturated rings. The highest BCUT2D eigenvalue weighted by Gasteiger charge is 2.20. The summed E-state index contributed by atoms with van der Waals surface area (Å²) in [6.45, 7) is 0.